The van der Waals surface area contributed by atoms with Crippen LogP contribution in [0.4, 0.5) is 5.69 Å². The lowest BCUT2D eigenvalue weighted by molar-refractivity contribution is -0.124. The zero-order chi connectivity index (χ0) is 26.5. The topological polar surface area (TPSA) is 91.7 Å². The molecule has 36 heavy (non-hydrogen) atoms. The van der Waals surface area contributed by atoms with Crippen LogP contribution in [-0.2, 0) is 9.59 Å². The second-order valence-corrected chi connectivity index (χ2v) is 11.5. The summed E-state index contributed by atoms with van der Waals surface area (Å²) in [6.07, 6.45) is 0.196. The van der Waals surface area contributed by atoms with Crippen molar-refractivity contribution in [1.82, 2.24) is 5.32 Å². The molecule has 2 aromatic carbocycles. The number of benzene rings is 2. The molecule has 2 atom stereocenters. The highest BCUT2D eigenvalue weighted by molar-refractivity contribution is 8.01. The van der Waals surface area contributed by atoms with E-state index in [0.29, 0.717) is 23.1 Å². The molecular weight excluding hydrogens is 498 g/mol. The molecule has 1 aliphatic heterocycles. The van der Waals surface area contributed by atoms with E-state index in [9.17, 15) is 9.59 Å². The number of para-hydroxylation sites is 1. The maximum atomic E-state index is 14.0. The Hall–Kier alpha value is -2.89. The van der Waals surface area contributed by atoms with Gasteiger partial charge in [0.05, 0.1) is 37.2 Å². The monoisotopic (exact) mass is 529 g/mol. The number of halogens is 1. The lowest BCUT2D eigenvalue weighted by Crippen LogP contribution is -2.43. The van der Waals surface area contributed by atoms with Crippen LogP contribution in [0.1, 0.15) is 50.0 Å². The Balaban J connectivity index is 2.17. The summed E-state index contributed by atoms with van der Waals surface area (Å²) in [7, 11) is 3.16. The molecule has 0 aromatic heterocycles. The van der Waals surface area contributed by atoms with Crippen molar-refractivity contribution in [2.24, 2.45) is 5.41 Å². The van der Waals surface area contributed by atoms with Crippen LogP contribution in [0.3, 0.4) is 0 Å². The van der Waals surface area contributed by atoms with E-state index in [1.807, 2.05) is 36.4 Å². The van der Waals surface area contributed by atoms with Crippen molar-refractivity contribution in [2.75, 3.05) is 32.2 Å². The minimum absolute atomic E-state index is 0.0138. The molecule has 2 aromatic rings. The first-order chi connectivity index (χ1) is 17.1. The summed E-state index contributed by atoms with van der Waals surface area (Å²) in [6, 6.07) is 13.2. The van der Waals surface area contributed by atoms with Crippen molar-refractivity contribution in [1.29, 1.82) is 5.26 Å². The number of fused-ring (bicyclic) bond motifs is 1. The number of methoxy groups -OCH3 is 2. The largest absolute Gasteiger partial charge is 0.493 e. The quantitative estimate of drug-likeness (QED) is 0.463. The van der Waals surface area contributed by atoms with E-state index < -0.39 is 5.25 Å². The summed E-state index contributed by atoms with van der Waals surface area (Å²) >= 11 is 7.86. The second-order valence-electron chi connectivity index (χ2n) is 9.74. The molecule has 3 rings (SSSR count). The van der Waals surface area contributed by atoms with E-state index in [1.54, 1.807) is 25.2 Å². The first kappa shape index (κ1) is 27.7. The highest BCUT2D eigenvalue weighted by Crippen LogP contribution is 2.51. The highest BCUT2D eigenvalue weighted by atomic mass is 35.5. The number of carbonyl (C=O) groups excluding carboxylic acids is 2. The standard InChI is InChI=1S/C27H32ClN3O4S/c1-27(2,3)16-31-20-11-10-17(28)14-19(20)25(18-8-6-9-21(34-4)24(18)35-5)36-22(26(31)33)15-23(32)30-13-7-12-29/h6,8-11,14,22,25H,7,13,15-16H2,1-5H3,(H,30,32)/t22-,25-/m1/s1. The van der Waals surface area contributed by atoms with Gasteiger partial charge in [0, 0.05) is 35.8 Å². The van der Waals surface area contributed by atoms with Crippen molar-refractivity contribution in [3.05, 3.63) is 52.5 Å². The summed E-state index contributed by atoms with van der Waals surface area (Å²) in [5, 5.41) is 11.1. The predicted molar refractivity (Wildman–Crippen MR) is 144 cm³/mol. The molecule has 0 spiro atoms. The molecule has 0 bridgehead atoms. The fourth-order valence-corrected chi connectivity index (χ4v) is 5.87. The van der Waals surface area contributed by atoms with Crippen molar-refractivity contribution in [3.63, 3.8) is 0 Å². The van der Waals surface area contributed by atoms with E-state index in [4.69, 9.17) is 26.3 Å². The number of anilines is 1. The zero-order valence-electron chi connectivity index (χ0n) is 21.3. The van der Waals surface area contributed by atoms with Gasteiger partial charge in [-0.05, 0) is 35.2 Å². The first-order valence-electron chi connectivity index (χ1n) is 11.7. The number of amides is 2. The van der Waals surface area contributed by atoms with Gasteiger partial charge in [-0.15, -0.1) is 11.8 Å². The van der Waals surface area contributed by atoms with Gasteiger partial charge in [0.2, 0.25) is 11.8 Å². The molecule has 9 heteroatoms. The van der Waals surface area contributed by atoms with Gasteiger partial charge >= 0.3 is 0 Å². The SMILES string of the molecule is COc1cccc([C@H]2S[C@H](CC(=O)NCCC#N)C(=O)N(CC(C)(C)C)c3ccc(Cl)cc32)c1OC. The van der Waals surface area contributed by atoms with Gasteiger partial charge < -0.3 is 19.7 Å². The number of nitriles is 1. The smallest absolute Gasteiger partial charge is 0.240 e. The molecule has 0 saturated carbocycles. The molecule has 0 fully saturated rings. The minimum Gasteiger partial charge on any atom is -0.493 e. The van der Waals surface area contributed by atoms with E-state index in [1.165, 1.54) is 11.8 Å². The fraction of sp³-hybridized carbons (Fsp3) is 0.444. The average Bonchev–Trinajstić information content (AvgIpc) is 2.93. The molecule has 1 aliphatic rings. The predicted octanol–water partition coefficient (Wildman–Crippen LogP) is 5.36. The lowest BCUT2D eigenvalue weighted by atomic mass is 9.94. The number of nitrogens with one attached hydrogen (secondary N) is 1. The molecule has 7 nitrogen and oxygen atoms in total. The summed E-state index contributed by atoms with van der Waals surface area (Å²) in [6.45, 7) is 6.92. The zero-order valence-corrected chi connectivity index (χ0v) is 22.8. The Morgan fingerprint density at radius 1 is 1.19 bits per heavy atom. The number of nitrogens with zero attached hydrogens (tertiary/aromatic N) is 2. The summed E-state index contributed by atoms with van der Waals surface area (Å²) in [5.74, 6) is 0.731. The average molecular weight is 530 g/mol. The number of ether oxygens (including phenoxy) is 2. The van der Waals surface area contributed by atoms with Crippen molar-refractivity contribution < 1.29 is 19.1 Å². The lowest BCUT2D eigenvalue weighted by Gasteiger charge is -2.31. The number of hydrogen-bond acceptors (Lipinski definition) is 6. The third-order valence-electron chi connectivity index (χ3n) is 5.68. The van der Waals surface area contributed by atoms with Crippen molar-refractivity contribution >= 4 is 40.9 Å². The molecular formula is C27H32ClN3O4S. The van der Waals surface area contributed by atoms with E-state index in [-0.39, 0.29) is 41.9 Å². The van der Waals surface area contributed by atoms with Gasteiger partial charge in [0.1, 0.15) is 0 Å². The molecule has 0 aliphatic carbocycles. The first-order valence-corrected chi connectivity index (χ1v) is 13.0. The number of carbonyl (C=O) groups is 2. The van der Waals surface area contributed by atoms with Crippen LogP contribution in [0.2, 0.25) is 5.02 Å². The van der Waals surface area contributed by atoms with Gasteiger partial charge in [-0.25, -0.2) is 0 Å². The third-order valence-corrected chi connectivity index (χ3v) is 7.39. The van der Waals surface area contributed by atoms with Crippen molar-refractivity contribution in [2.45, 2.75) is 44.1 Å². The Morgan fingerprint density at radius 2 is 1.94 bits per heavy atom. The maximum absolute atomic E-state index is 14.0. The highest BCUT2D eigenvalue weighted by Gasteiger charge is 2.39. The molecule has 192 valence electrons. The van der Waals surface area contributed by atoms with E-state index in [2.05, 4.69) is 26.1 Å². The Labute approximate surface area is 222 Å². The van der Waals surface area contributed by atoms with Crippen LogP contribution in [0.25, 0.3) is 0 Å². The molecule has 2 amide bonds. The van der Waals surface area contributed by atoms with Crippen LogP contribution in [0, 0.1) is 16.7 Å². The van der Waals surface area contributed by atoms with Crippen molar-refractivity contribution in [3.8, 4) is 17.6 Å². The van der Waals surface area contributed by atoms with Crippen LogP contribution in [-0.4, -0.2) is 44.4 Å². The maximum Gasteiger partial charge on any atom is 0.240 e. The van der Waals surface area contributed by atoms with Crippen LogP contribution >= 0.6 is 23.4 Å². The third kappa shape index (κ3) is 6.45. The van der Waals surface area contributed by atoms with Gasteiger partial charge in [-0.1, -0.05) is 44.5 Å². The minimum atomic E-state index is -0.665. The summed E-state index contributed by atoms with van der Waals surface area (Å²) < 4.78 is 11.3. The van der Waals surface area contributed by atoms with Crippen LogP contribution < -0.4 is 19.7 Å². The molecule has 0 saturated heterocycles. The number of thioether (sulfide) groups is 1. The van der Waals surface area contributed by atoms with Gasteiger partial charge in [-0.3, -0.25) is 9.59 Å². The van der Waals surface area contributed by atoms with E-state index >= 15 is 0 Å². The molecule has 1 N–H and O–H groups in total. The summed E-state index contributed by atoms with van der Waals surface area (Å²) in [4.78, 5) is 28.5. The van der Waals surface area contributed by atoms with Crippen LogP contribution in [0.15, 0.2) is 36.4 Å². The van der Waals surface area contributed by atoms with Gasteiger partial charge in [0.15, 0.2) is 11.5 Å². The molecule has 0 radical (unpaired) electrons. The number of hydrogen-bond donors (Lipinski definition) is 1. The van der Waals surface area contributed by atoms with Crippen LogP contribution in [0.5, 0.6) is 11.5 Å². The molecule has 0 unspecified atom stereocenters. The second kappa shape index (κ2) is 11.9. The Kier molecular flexibility index (Phi) is 9.15. The van der Waals surface area contributed by atoms with Gasteiger partial charge in [-0.2, -0.15) is 5.26 Å². The van der Waals surface area contributed by atoms with E-state index in [0.717, 1.165) is 16.8 Å². The Bertz CT molecular complexity index is 1160. The Morgan fingerprint density at radius 3 is 2.58 bits per heavy atom. The van der Waals surface area contributed by atoms with Gasteiger partial charge in [0.25, 0.3) is 0 Å². The normalized spacial score (nSPS) is 17.6. The molecule has 1 heterocycles. The fourth-order valence-electron chi connectivity index (χ4n) is 4.20. The number of rotatable bonds is 8. The summed E-state index contributed by atoms with van der Waals surface area (Å²) in [5.41, 5.74) is 2.26.